The van der Waals surface area contributed by atoms with Gasteiger partial charge in [0.2, 0.25) is 0 Å². The Morgan fingerprint density at radius 2 is 2.13 bits per heavy atom. The van der Waals surface area contributed by atoms with E-state index in [-0.39, 0.29) is 4.84 Å². The molecule has 1 aromatic heterocycles. The molecule has 0 aliphatic heterocycles. The Morgan fingerprint density at radius 3 is 2.73 bits per heavy atom. The van der Waals surface area contributed by atoms with Crippen molar-refractivity contribution in [2.45, 2.75) is 20.3 Å². The lowest BCUT2D eigenvalue weighted by molar-refractivity contribution is 0.399. The smallest absolute Gasteiger partial charge is 0.314 e. The van der Waals surface area contributed by atoms with E-state index < -0.39 is 0 Å². The number of rotatable bonds is 2. The van der Waals surface area contributed by atoms with E-state index in [1.807, 2.05) is 0 Å². The van der Waals surface area contributed by atoms with Crippen LogP contribution in [0.1, 0.15) is 22.5 Å². The summed E-state index contributed by atoms with van der Waals surface area (Å²) >= 11 is 4.79. The quantitative estimate of drug-likeness (QED) is 0.791. The SMILES string of the molecule is Cc1ccc(Cc2nc(=S)o[nH]2)cc1C. The molecule has 15 heavy (non-hydrogen) atoms. The van der Waals surface area contributed by atoms with Crippen LogP contribution in [0.25, 0.3) is 0 Å². The minimum absolute atomic E-state index is 0.258. The van der Waals surface area contributed by atoms with Gasteiger partial charge in [-0.3, -0.25) is 0 Å². The lowest BCUT2D eigenvalue weighted by Gasteiger charge is -2.02. The van der Waals surface area contributed by atoms with E-state index in [1.165, 1.54) is 16.7 Å². The van der Waals surface area contributed by atoms with Gasteiger partial charge in [0.25, 0.3) is 0 Å². The normalized spacial score (nSPS) is 10.5. The Kier molecular flexibility index (Phi) is 2.68. The van der Waals surface area contributed by atoms with Gasteiger partial charge >= 0.3 is 4.84 Å². The third-order valence-electron chi connectivity index (χ3n) is 2.43. The molecule has 1 N–H and O–H groups in total. The molecular weight excluding hydrogens is 208 g/mol. The molecule has 0 radical (unpaired) electrons. The minimum atomic E-state index is 0.258. The Balaban J connectivity index is 2.24. The van der Waals surface area contributed by atoms with Crippen molar-refractivity contribution in [3.63, 3.8) is 0 Å². The highest BCUT2D eigenvalue weighted by molar-refractivity contribution is 7.71. The van der Waals surface area contributed by atoms with Crippen LogP contribution in [0.15, 0.2) is 22.7 Å². The molecule has 0 aliphatic carbocycles. The first-order valence-electron chi connectivity index (χ1n) is 4.75. The molecule has 0 unspecified atom stereocenters. The van der Waals surface area contributed by atoms with E-state index in [0.717, 1.165) is 12.2 Å². The highest BCUT2D eigenvalue weighted by Gasteiger charge is 2.01. The monoisotopic (exact) mass is 220 g/mol. The summed E-state index contributed by atoms with van der Waals surface area (Å²) in [5.74, 6) is 0.767. The second-order valence-electron chi connectivity index (χ2n) is 3.62. The average molecular weight is 220 g/mol. The van der Waals surface area contributed by atoms with Crippen molar-refractivity contribution in [3.8, 4) is 0 Å². The molecule has 78 valence electrons. The van der Waals surface area contributed by atoms with Crippen molar-refractivity contribution in [2.24, 2.45) is 0 Å². The zero-order valence-corrected chi connectivity index (χ0v) is 9.52. The van der Waals surface area contributed by atoms with Crippen molar-refractivity contribution in [2.75, 3.05) is 0 Å². The van der Waals surface area contributed by atoms with Gasteiger partial charge in [0.15, 0.2) is 0 Å². The zero-order valence-electron chi connectivity index (χ0n) is 8.70. The van der Waals surface area contributed by atoms with Crippen LogP contribution in [-0.2, 0) is 6.42 Å². The Bertz CT molecular complexity index is 527. The molecule has 0 saturated heterocycles. The van der Waals surface area contributed by atoms with E-state index in [1.54, 1.807) is 0 Å². The van der Waals surface area contributed by atoms with Crippen LogP contribution < -0.4 is 0 Å². The maximum atomic E-state index is 4.87. The number of nitrogens with one attached hydrogen (secondary N) is 1. The maximum absolute atomic E-state index is 4.87. The van der Waals surface area contributed by atoms with E-state index >= 15 is 0 Å². The Morgan fingerprint density at radius 1 is 1.33 bits per heavy atom. The first kappa shape index (κ1) is 10.1. The molecule has 0 aliphatic rings. The number of benzene rings is 1. The summed E-state index contributed by atoms with van der Waals surface area (Å²) in [7, 11) is 0. The van der Waals surface area contributed by atoms with Crippen LogP contribution in [-0.4, -0.2) is 10.1 Å². The number of hydrogen-bond donors (Lipinski definition) is 1. The molecule has 1 aromatic carbocycles. The number of aryl methyl sites for hydroxylation is 2. The first-order chi connectivity index (χ1) is 7.15. The maximum Gasteiger partial charge on any atom is 0.314 e. The minimum Gasteiger partial charge on any atom is -0.348 e. The predicted molar refractivity (Wildman–Crippen MR) is 60.4 cm³/mol. The molecule has 0 spiro atoms. The van der Waals surface area contributed by atoms with Gasteiger partial charge in [-0.25, -0.2) is 5.16 Å². The van der Waals surface area contributed by atoms with Gasteiger partial charge in [-0.1, -0.05) is 18.2 Å². The summed E-state index contributed by atoms with van der Waals surface area (Å²) in [4.78, 5) is 4.31. The number of aromatic nitrogens is 2. The van der Waals surface area contributed by atoms with Gasteiger partial charge in [-0.05, 0) is 42.8 Å². The van der Waals surface area contributed by atoms with Crippen LogP contribution in [0, 0.1) is 18.7 Å². The fraction of sp³-hybridized carbons (Fsp3) is 0.273. The second-order valence-corrected chi connectivity index (χ2v) is 3.97. The molecule has 3 nitrogen and oxygen atoms in total. The van der Waals surface area contributed by atoms with Gasteiger partial charge in [-0.2, -0.15) is 4.98 Å². The lowest BCUT2D eigenvalue weighted by atomic mass is 10.0. The molecule has 0 amide bonds. The molecule has 2 rings (SSSR count). The van der Waals surface area contributed by atoms with Crippen molar-refractivity contribution >= 4 is 12.2 Å². The van der Waals surface area contributed by atoms with Crippen LogP contribution in [0.5, 0.6) is 0 Å². The Hall–Kier alpha value is -1.42. The molecule has 0 atom stereocenters. The van der Waals surface area contributed by atoms with Crippen LogP contribution in [0.4, 0.5) is 0 Å². The summed E-state index contributed by atoms with van der Waals surface area (Å²) in [5.41, 5.74) is 3.79. The molecule has 0 saturated carbocycles. The number of H-pyrrole nitrogens is 1. The van der Waals surface area contributed by atoms with Crippen molar-refractivity contribution < 1.29 is 4.52 Å². The van der Waals surface area contributed by atoms with Gasteiger partial charge < -0.3 is 4.52 Å². The number of aromatic amines is 1. The molecule has 4 heteroatoms. The predicted octanol–water partition coefficient (Wildman–Crippen LogP) is 2.94. The van der Waals surface area contributed by atoms with Crippen LogP contribution in [0.2, 0.25) is 0 Å². The van der Waals surface area contributed by atoms with Crippen LogP contribution in [0.3, 0.4) is 0 Å². The van der Waals surface area contributed by atoms with Crippen molar-refractivity contribution in [1.29, 1.82) is 0 Å². The molecule has 2 aromatic rings. The first-order valence-corrected chi connectivity index (χ1v) is 5.16. The van der Waals surface area contributed by atoms with Crippen molar-refractivity contribution in [1.82, 2.24) is 10.1 Å². The standard InChI is InChI=1S/C11H12N2OS/c1-7-3-4-9(5-8(7)2)6-10-12-11(15)14-13-10/h3-5H,6H2,1-2H3,(H,12,13,15). The van der Waals surface area contributed by atoms with E-state index in [0.29, 0.717) is 0 Å². The topological polar surface area (TPSA) is 41.8 Å². The third kappa shape index (κ3) is 2.33. The highest BCUT2D eigenvalue weighted by Crippen LogP contribution is 2.12. The zero-order chi connectivity index (χ0) is 10.8. The lowest BCUT2D eigenvalue weighted by Crippen LogP contribution is -1.92. The molecular formula is C11H12N2OS. The summed E-state index contributed by atoms with van der Waals surface area (Å²) < 4.78 is 4.87. The van der Waals surface area contributed by atoms with E-state index in [9.17, 15) is 0 Å². The number of hydrogen-bond acceptors (Lipinski definition) is 3. The molecule has 0 bridgehead atoms. The third-order valence-corrected chi connectivity index (χ3v) is 2.60. The Labute approximate surface area is 93.1 Å². The molecule has 1 heterocycles. The van der Waals surface area contributed by atoms with Gasteiger partial charge in [0.05, 0.1) is 0 Å². The van der Waals surface area contributed by atoms with Gasteiger partial charge in [-0.15, -0.1) is 0 Å². The van der Waals surface area contributed by atoms with E-state index in [2.05, 4.69) is 42.2 Å². The number of nitrogens with zero attached hydrogens (tertiary/aromatic N) is 1. The van der Waals surface area contributed by atoms with Crippen molar-refractivity contribution in [3.05, 3.63) is 45.6 Å². The summed E-state index contributed by atoms with van der Waals surface area (Å²) in [6, 6.07) is 6.36. The summed E-state index contributed by atoms with van der Waals surface area (Å²) in [5, 5.41) is 2.70. The fourth-order valence-electron chi connectivity index (χ4n) is 1.44. The van der Waals surface area contributed by atoms with Gasteiger partial charge in [0, 0.05) is 6.42 Å². The largest absolute Gasteiger partial charge is 0.348 e. The second kappa shape index (κ2) is 3.98. The fourth-order valence-corrected chi connectivity index (χ4v) is 1.59. The average Bonchev–Trinajstić information content (AvgIpc) is 2.58. The van der Waals surface area contributed by atoms with E-state index in [4.69, 9.17) is 16.7 Å². The highest BCUT2D eigenvalue weighted by atomic mass is 32.1. The van der Waals surface area contributed by atoms with Gasteiger partial charge in [0.1, 0.15) is 5.82 Å². The summed E-state index contributed by atoms with van der Waals surface area (Å²) in [6.45, 7) is 4.20. The van der Waals surface area contributed by atoms with Crippen LogP contribution >= 0.6 is 12.2 Å². The molecule has 0 fully saturated rings. The summed E-state index contributed by atoms with van der Waals surface area (Å²) in [6.07, 6.45) is 0.723.